The third-order valence-corrected chi connectivity index (χ3v) is 6.54. The van der Waals surface area contributed by atoms with Gasteiger partial charge in [0.2, 0.25) is 0 Å². The molecular formula is C19H17N5O3S2. The molecule has 148 valence electrons. The molecule has 1 saturated heterocycles. The molecule has 4 aromatic heterocycles. The molecule has 8 nitrogen and oxygen atoms in total. The molecule has 5 heterocycles. The van der Waals surface area contributed by atoms with Crippen molar-refractivity contribution in [1.82, 2.24) is 24.2 Å². The first-order chi connectivity index (χ1) is 14.2. The summed E-state index contributed by atoms with van der Waals surface area (Å²) in [6, 6.07) is 5.42. The number of nitrogens with zero attached hydrogens (tertiary/aromatic N) is 5. The summed E-state index contributed by atoms with van der Waals surface area (Å²) in [4.78, 5) is 39.4. The van der Waals surface area contributed by atoms with Gasteiger partial charge in [0.25, 0.3) is 11.5 Å². The first-order valence-corrected chi connectivity index (χ1v) is 10.9. The van der Waals surface area contributed by atoms with Crippen LogP contribution in [0.5, 0.6) is 0 Å². The lowest BCUT2D eigenvalue weighted by Crippen LogP contribution is -2.48. The van der Waals surface area contributed by atoms with E-state index < -0.39 is 0 Å². The van der Waals surface area contributed by atoms with Crippen LogP contribution >= 0.6 is 22.7 Å². The number of carbonyl (C=O) groups is 1. The Labute approximate surface area is 173 Å². The average molecular weight is 428 g/mol. The molecular weight excluding hydrogens is 410 g/mol. The van der Waals surface area contributed by atoms with Crippen molar-refractivity contribution in [2.45, 2.75) is 6.54 Å². The maximum absolute atomic E-state index is 12.9. The number of thiophene rings is 1. The standard InChI is InChI=1S/C19H17N5O3S2/c25-15-10-13(21-19-24(15)7-9-29-19)11-22-3-5-23(6-4-22)18(26)16-17(27-12-20-16)14-2-1-8-28-14/h1-2,7-10,12H,3-6,11H2. The molecule has 0 saturated carbocycles. The van der Waals surface area contributed by atoms with Crippen LogP contribution in [0.2, 0.25) is 0 Å². The van der Waals surface area contributed by atoms with Gasteiger partial charge in [0.05, 0.1) is 10.6 Å². The van der Waals surface area contributed by atoms with Gasteiger partial charge in [-0.05, 0) is 11.4 Å². The van der Waals surface area contributed by atoms with E-state index in [1.165, 1.54) is 29.1 Å². The largest absolute Gasteiger partial charge is 0.442 e. The van der Waals surface area contributed by atoms with Crippen LogP contribution in [-0.4, -0.2) is 56.3 Å². The summed E-state index contributed by atoms with van der Waals surface area (Å²) in [5.74, 6) is 0.416. The van der Waals surface area contributed by atoms with Crippen LogP contribution < -0.4 is 5.56 Å². The van der Waals surface area contributed by atoms with E-state index in [4.69, 9.17) is 4.42 Å². The average Bonchev–Trinajstić information content (AvgIpc) is 3.48. The molecule has 0 radical (unpaired) electrons. The van der Waals surface area contributed by atoms with Crippen molar-refractivity contribution in [3.05, 3.63) is 63.3 Å². The summed E-state index contributed by atoms with van der Waals surface area (Å²) in [6.45, 7) is 3.20. The van der Waals surface area contributed by atoms with Gasteiger partial charge in [0, 0.05) is 50.4 Å². The number of hydrogen-bond donors (Lipinski definition) is 0. The minimum atomic E-state index is -0.113. The molecule has 10 heteroatoms. The van der Waals surface area contributed by atoms with E-state index in [9.17, 15) is 9.59 Å². The molecule has 0 spiro atoms. The number of aromatic nitrogens is 3. The summed E-state index contributed by atoms with van der Waals surface area (Å²) in [5, 5.41) is 3.80. The minimum Gasteiger partial charge on any atom is -0.442 e. The number of hydrogen-bond acceptors (Lipinski definition) is 8. The number of fused-ring (bicyclic) bond motifs is 1. The van der Waals surface area contributed by atoms with Crippen molar-refractivity contribution in [2.75, 3.05) is 26.2 Å². The second-order valence-electron chi connectivity index (χ2n) is 6.72. The monoisotopic (exact) mass is 427 g/mol. The van der Waals surface area contributed by atoms with Crippen LogP contribution in [-0.2, 0) is 6.54 Å². The fourth-order valence-electron chi connectivity index (χ4n) is 3.44. The Morgan fingerprint density at radius 2 is 2.03 bits per heavy atom. The third-order valence-electron chi connectivity index (χ3n) is 4.92. The first kappa shape index (κ1) is 18.2. The number of thiazole rings is 1. The maximum Gasteiger partial charge on any atom is 0.276 e. The second-order valence-corrected chi connectivity index (χ2v) is 8.54. The lowest BCUT2D eigenvalue weighted by atomic mass is 10.2. The Kier molecular flexibility index (Phi) is 4.74. The predicted molar refractivity (Wildman–Crippen MR) is 110 cm³/mol. The third kappa shape index (κ3) is 3.50. The Bertz CT molecular complexity index is 1200. The molecule has 0 atom stereocenters. The van der Waals surface area contributed by atoms with E-state index in [1.54, 1.807) is 21.6 Å². The summed E-state index contributed by atoms with van der Waals surface area (Å²) in [5.41, 5.74) is 1.06. The van der Waals surface area contributed by atoms with E-state index in [2.05, 4.69) is 14.9 Å². The maximum atomic E-state index is 12.9. The molecule has 0 bridgehead atoms. The van der Waals surface area contributed by atoms with E-state index in [-0.39, 0.29) is 11.5 Å². The molecule has 1 fully saturated rings. The Morgan fingerprint density at radius 1 is 1.17 bits per heavy atom. The highest BCUT2D eigenvalue weighted by molar-refractivity contribution is 7.15. The van der Waals surface area contributed by atoms with Crippen LogP contribution in [0.15, 0.2) is 50.8 Å². The van der Waals surface area contributed by atoms with E-state index in [0.29, 0.717) is 49.1 Å². The zero-order valence-electron chi connectivity index (χ0n) is 15.4. The van der Waals surface area contributed by atoms with Crippen molar-refractivity contribution < 1.29 is 9.21 Å². The van der Waals surface area contributed by atoms with Gasteiger partial charge in [-0.2, -0.15) is 0 Å². The Morgan fingerprint density at radius 3 is 2.83 bits per heavy atom. The number of piperazine rings is 1. The highest BCUT2D eigenvalue weighted by Crippen LogP contribution is 2.28. The Hall–Kier alpha value is -2.82. The van der Waals surface area contributed by atoms with Gasteiger partial charge in [0.1, 0.15) is 0 Å². The van der Waals surface area contributed by atoms with Crippen molar-refractivity contribution in [1.29, 1.82) is 0 Å². The zero-order valence-corrected chi connectivity index (χ0v) is 17.0. The summed E-state index contributed by atoms with van der Waals surface area (Å²) in [6.07, 6.45) is 3.06. The molecule has 0 aliphatic carbocycles. The van der Waals surface area contributed by atoms with Crippen LogP contribution in [0.3, 0.4) is 0 Å². The van der Waals surface area contributed by atoms with Crippen LogP contribution in [0.4, 0.5) is 0 Å². The molecule has 4 aromatic rings. The lowest BCUT2D eigenvalue weighted by molar-refractivity contribution is 0.0622. The van der Waals surface area contributed by atoms with Gasteiger partial charge in [0.15, 0.2) is 22.8 Å². The van der Waals surface area contributed by atoms with Crippen molar-refractivity contribution >= 4 is 33.5 Å². The zero-order chi connectivity index (χ0) is 19.8. The van der Waals surface area contributed by atoms with Gasteiger partial charge >= 0.3 is 0 Å². The minimum absolute atomic E-state index is 0.0628. The van der Waals surface area contributed by atoms with Gasteiger partial charge in [-0.15, -0.1) is 22.7 Å². The molecule has 29 heavy (non-hydrogen) atoms. The van der Waals surface area contributed by atoms with E-state index >= 15 is 0 Å². The van der Waals surface area contributed by atoms with Crippen molar-refractivity contribution in [3.63, 3.8) is 0 Å². The van der Waals surface area contributed by atoms with Gasteiger partial charge < -0.3 is 9.32 Å². The summed E-state index contributed by atoms with van der Waals surface area (Å²) < 4.78 is 7.01. The Balaban J connectivity index is 1.25. The number of amides is 1. The molecule has 1 aliphatic heterocycles. The molecule has 1 aliphatic rings. The lowest BCUT2D eigenvalue weighted by Gasteiger charge is -2.34. The normalized spacial score (nSPS) is 15.2. The summed E-state index contributed by atoms with van der Waals surface area (Å²) >= 11 is 2.96. The van der Waals surface area contributed by atoms with Crippen LogP contribution in [0.1, 0.15) is 16.2 Å². The number of oxazole rings is 1. The van der Waals surface area contributed by atoms with Crippen LogP contribution in [0, 0.1) is 0 Å². The predicted octanol–water partition coefficient (Wildman–Crippen LogP) is 2.43. The SMILES string of the molecule is O=C(c1ncoc1-c1cccs1)N1CCN(Cc2cc(=O)n3ccsc3n2)CC1. The van der Waals surface area contributed by atoms with Crippen molar-refractivity contribution in [2.24, 2.45) is 0 Å². The van der Waals surface area contributed by atoms with E-state index in [0.717, 1.165) is 10.6 Å². The second kappa shape index (κ2) is 7.54. The van der Waals surface area contributed by atoms with Crippen molar-refractivity contribution in [3.8, 4) is 10.6 Å². The highest BCUT2D eigenvalue weighted by Gasteiger charge is 2.27. The highest BCUT2D eigenvalue weighted by atomic mass is 32.1. The number of carbonyl (C=O) groups excluding carboxylic acids is 1. The molecule has 1 amide bonds. The molecule has 0 unspecified atom stereocenters. The fraction of sp³-hybridized carbons (Fsp3) is 0.263. The first-order valence-electron chi connectivity index (χ1n) is 9.14. The van der Waals surface area contributed by atoms with Gasteiger partial charge in [-0.3, -0.25) is 18.9 Å². The topological polar surface area (TPSA) is 84.0 Å². The number of rotatable bonds is 4. The molecule has 0 N–H and O–H groups in total. The van der Waals surface area contributed by atoms with Gasteiger partial charge in [-0.25, -0.2) is 9.97 Å². The van der Waals surface area contributed by atoms with E-state index in [1.807, 2.05) is 22.9 Å². The fourth-order valence-corrected chi connectivity index (χ4v) is 4.89. The summed E-state index contributed by atoms with van der Waals surface area (Å²) in [7, 11) is 0. The van der Waals surface area contributed by atoms with Gasteiger partial charge in [-0.1, -0.05) is 6.07 Å². The molecule has 5 rings (SSSR count). The quantitative estimate of drug-likeness (QED) is 0.497. The smallest absolute Gasteiger partial charge is 0.276 e. The van der Waals surface area contributed by atoms with Crippen LogP contribution in [0.25, 0.3) is 15.6 Å². The molecule has 0 aromatic carbocycles.